The highest BCUT2D eigenvalue weighted by molar-refractivity contribution is 7.74. The van der Waals surface area contributed by atoms with Gasteiger partial charge in [-0.25, -0.2) is 8.42 Å². The first-order valence-corrected chi connectivity index (χ1v) is 13.3. The number of alkyl halides is 3. The lowest BCUT2D eigenvalue weighted by atomic mass is 9.47. The molecule has 0 aliphatic heterocycles. The number of rotatable bonds is 7. The Balaban J connectivity index is 1.46. The molecule has 37 heavy (non-hydrogen) atoms. The Morgan fingerprint density at radius 1 is 1.14 bits per heavy atom. The largest absolute Gasteiger partial charge is 0.423 e. The van der Waals surface area contributed by atoms with Gasteiger partial charge in [0.15, 0.2) is 0 Å². The molecule has 5 fully saturated rings. The van der Waals surface area contributed by atoms with E-state index in [0.717, 1.165) is 25.3 Å². The molecule has 1 aromatic carbocycles. The fraction of sp³-hybridized carbons (Fsp3) is 0.652. The number of nitro groups is 1. The smallest absolute Gasteiger partial charge is 0.369 e. The fourth-order valence-electron chi connectivity index (χ4n) is 7.43. The van der Waals surface area contributed by atoms with Gasteiger partial charge in [0.25, 0.3) is 5.69 Å². The van der Waals surface area contributed by atoms with Gasteiger partial charge in [0, 0.05) is 17.5 Å². The van der Waals surface area contributed by atoms with Crippen molar-refractivity contribution in [2.45, 2.75) is 69.1 Å². The number of primary amides is 1. The van der Waals surface area contributed by atoms with Crippen molar-refractivity contribution in [3.63, 3.8) is 0 Å². The van der Waals surface area contributed by atoms with Crippen molar-refractivity contribution in [1.82, 2.24) is 5.32 Å². The van der Waals surface area contributed by atoms with Crippen LogP contribution in [0.3, 0.4) is 0 Å². The summed E-state index contributed by atoms with van der Waals surface area (Å²) >= 11 is 0. The van der Waals surface area contributed by atoms with Crippen molar-refractivity contribution < 1.29 is 36.1 Å². The van der Waals surface area contributed by atoms with Gasteiger partial charge in [-0.15, -0.1) is 0 Å². The van der Waals surface area contributed by atoms with Gasteiger partial charge in [0.1, 0.15) is 11.1 Å². The molecule has 5 saturated carbocycles. The van der Waals surface area contributed by atoms with Crippen LogP contribution >= 0.6 is 0 Å². The molecule has 14 heteroatoms. The third-order valence-electron chi connectivity index (χ3n) is 8.99. The minimum Gasteiger partial charge on any atom is -0.369 e. The number of nitrogens with two attached hydrogens (primary N) is 1. The Morgan fingerprint density at radius 3 is 2.22 bits per heavy atom. The molecule has 5 aliphatic rings. The van der Waals surface area contributed by atoms with Crippen LogP contribution in [0.5, 0.6) is 0 Å². The number of benzene rings is 1. The summed E-state index contributed by atoms with van der Waals surface area (Å²) in [5.74, 6) is -0.587. The zero-order chi connectivity index (χ0) is 26.9. The number of carbonyl (C=O) groups excluding carboxylic acids is 2. The third-order valence-corrected chi connectivity index (χ3v) is 9.93. The first kappa shape index (κ1) is 25.7. The van der Waals surface area contributed by atoms with Crippen LogP contribution in [0.4, 0.5) is 24.5 Å². The molecule has 202 valence electrons. The molecule has 3 N–H and O–H groups in total. The predicted molar refractivity (Wildman–Crippen MR) is 125 cm³/mol. The zero-order valence-corrected chi connectivity index (χ0v) is 20.6. The standard InChI is InChI=1S/C23H27F3N4O6S/c24-23(25,26)16-8-15(2-3-17(16)30(33)34)29(37(35)36)22(4-1-5-22)20(32)28-18-13-6-12-7-14(18)11-21(9-12,10-13)19(27)31/h2-3,8,12-14,18,37H,1,4-7,9-11H2,(H2,27,31)(H,28,32). The first-order valence-electron chi connectivity index (χ1n) is 12.2. The van der Waals surface area contributed by atoms with Gasteiger partial charge < -0.3 is 11.1 Å². The average molecular weight is 545 g/mol. The zero-order valence-electron chi connectivity index (χ0n) is 19.7. The molecule has 2 atom stereocenters. The minimum atomic E-state index is -5.11. The van der Waals surface area contributed by atoms with Crippen molar-refractivity contribution in [2.75, 3.05) is 4.31 Å². The van der Waals surface area contributed by atoms with E-state index in [2.05, 4.69) is 5.32 Å². The maximum absolute atomic E-state index is 13.7. The molecule has 0 spiro atoms. The highest BCUT2D eigenvalue weighted by atomic mass is 32.2. The van der Waals surface area contributed by atoms with Crippen LogP contribution in [0.15, 0.2) is 18.2 Å². The van der Waals surface area contributed by atoms with Gasteiger partial charge in [-0.3, -0.25) is 24.0 Å². The molecule has 2 unspecified atom stereocenters. The molecule has 0 heterocycles. The Labute approximate surface area is 212 Å². The number of hydrogen-bond donors (Lipinski definition) is 3. The normalized spacial score (nSPS) is 31.6. The molecule has 1 aromatic rings. The number of carbonyl (C=O) groups is 2. The first-order chi connectivity index (χ1) is 17.3. The predicted octanol–water partition coefficient (Wildman–Crippen LogP) is 2.67. The lowest BCUT2D eigenvalue weighted by Crippen LogP contribution is -2.68. The van der Waals surface area contributed by atoms with E-state index in [1.807, 2.05) is 0 Å². The highest BCUT2D eigenvalue weighted by Gasteiger charge is 2.60. The summed E-state index contributed by atoms with van der Waals surface area (Å²) in [7, 11) is -3.57. The summed E-state index contributed by atoms with van der Waals surface area (Å²) in [6.07, 6.45) is -0.964. The topological polar surface area (TPSA) is 153 Å². The maximum Gasteiger partial charge on any atom is 0.423 e. The Morgan fingerprint density at radius 2 is 1.76 bits per heavy atom. The lowest BCUT2D eigenvalue weighted by molar-refractivity contribution is -0.388. The maximum atomic E-state index is 13.7. The summed E-state index contributed by atoms with van der Waals surface area (Å²) in [4.78, 5) is 35.9. The number of anilines is 1. The second-order valence-corrected chi connectivity index (χ2v) is 11.9. The summed E-state index contributed by atoms with van der Waals surface area (Å²) in [6, 6.07) is 1.65. The number of halogens is 3. The molecular weight excluding hydrogens is 517 g/mol. The van der Waals surface area contributed by atoms with Gasteiger partial charge in [-0.1, -0.05) is 0 Å². The van der Waals surface area contributed by atoms with E-state index in [-0.39, 0.29) is 36.6 Å². The van der Waals surface area contributed by atoms with Crippen molar-refractivity contribution in [3.05, 3.63) is 33.9 Å². The van der Waals surface area contributed by atoms with Gasteiger partial charge in [-0.2, -0.15) is 13.2 Å². The van der Waals surface area contributed by atoms with Crippen LogP contribution in [0.2, 0.25) is 0 Å². The van der Waals surface area contributed by atoms with E-state index in [1.165, 1.54) is 0 Å². The number of nitrogens with zero attached hydrogens (tertiary/aromatic N) is 2. The second kappa shape index (κ2) is 8.57. The number of thiol groups is 1. The second-order valence-electron chi connectivity index (χ2n) is 11.0. The number of nitrogens with one attached hydrogen (secondary N) is 1. The number of hydrogen-bond acceptors (Lipinski definition) is 6. The third kappa shape index (κ3) is 4.03. The van der Waals surface area contributed by atoms with E-state index in [4.69, 9.17) is 5.73 Å². The monoisotopic (exact) mass is 544 g/mol. The molecular formula is C23H27F3N4O6S. The van der Waals surface area contributed by atoms with Gasteiger partial charge in [-0.05, 0) is 81.3 Å². The van der Waals surface area contributed by atoms with Crippen LogP contribution in [-0.2, 0) is 26.7 Å². The summed E-state index contributed by atoms with van der Waals surface area (Å²) < 4.78 is 66.2. The van der Waals surface area contributed by atoms with Gasteiger partial charge >= 0.3 is 6.18 Å². The average Bonchev–Trinajstić information content (AvgIpc) is 2.76. The summed E-state index contributed by atoms with van der Waals surface area (Å²) in [5.41, 5.74) is 0.253. The van der Waals surface area contributed by atoms with Crippen LogP contribution < -0.4 is 15.4 Å². The van der Waals surface area contributed by atoms with Crippen molar-refractivity contribution in [3.8, 4) is 0 Å². The Bertz CT molecular complexity index is 1220. The van der Waals surface area contributed by atoms with E-state index in [0.29, 0.717) is 41.6 Å². The van der Waals surface area contributed by atoms with Crippen LogP contribution in [-0.4, -0.2) is 36.7 Å². The molecule has 0 aromatic heterocycles. The molecule has 10 nitrogen and oxygen atoms in total. The molecule has 5 aliphatic carbocycles. The van der Waals surface area contributed by atoms with Crippen LogP contribution in [0, 0.1) is 33.3 Å². The Kier molecular flexibility index (Phi) is 5.96. The summed E-state index contributed by atoms with van der Waals surface area (Å²) in [5, 5.41) is 14.2. The van der Waals surface area contributed by atoms with Crippen molar-refractivity contribution in [1.29, 1.82) is 0 Å². The molecule has 0 radical (unpaired) electrons. The van der Waals surface area contributed by atoms with E-state index >= 15 is 0 Å². The number of amides is 2. The van der Waals surface area contributed by atoms with Gasteiger partial charge in [0.05, 0.1) is 10.6 Å². The SMILES string of the molecule is NC(=O)C12CC3CC(C1)C(NC(=O)C1(N(c4ccc([N+](=O)[O-])c(C(F)(F)F)c4)[SH](=O)=O)CCC1)C(C3)C2. The van der Waals surface area contributed by atoms with E-state index in [9.17, 15) is 41.3 Å². The molecule has 0 saturated heterocycles. The highest BCUT2D eigenvalue weighted by Crippen LogP contribution is 2.60. The van der Waals surface area contributed by atoms with Crippen molar-refractivity contribution in [2.24, 2.45) is 28.9 Å². The fourth-order valence-corrected chi connectivity index (χ4v) is 8.35. The molecule has 2 amide bonds. The van der Waals surface area contributed by atoms with Crippen molar-refractivity contribution >= 4 is 34.1 Å². The molecule has 6 rings (SSSR count). The summed E-state index contributed by atoms with van der Waals surface area (Å²) in [6.45, 7) is 0. The minimum absolute atomic E-state index is 0.00509. The van der Waals surface area contributed by atoms with Gasteiger partial charge in [0.2, 0.25) is 22.7 Å². The number of nitro benzene ring substituents is 1. The van der Waals surface area contributed by atoms with E-state index < -0.39 is 55.8 Å². The lowest BCUT2D eigenvalue weighted by Gasteiger charge is -2.59. The van der Waals surface area contributed by atoms with Crippen LogP contribution in [0.1, 0.15) is 56.9 Å². The van der Waals surface area contributed by atoms with E-state index in [1.54, 1.807) is 0 Å². The van der Waals surface area contributed by atoms with Crippen LogP contribution in [0.25, 0.3) is 0 Å². The molecule has 4 bridgehead atoms. The Hall–Kier alpha value is -2.90. The quantitative estimate of drug-likeness (QED) is 0.273.